The maximum Gasteiger partial charge on any atom is 0.272 e. The second-order valence-electron chi connectivity index (χ2n) is 4.86. The van der Waals surface area contributed by atoms with Crippen LogP contribution in [0.5, 0.6) is 5.88 Å². The quantitative estimate of drug-likeness (QED) is 0.634. The SMILES string of the molecule is Cc1ccc(NC(N)=NCc2cccc(OCC(F)F)n2)cc1. The fourth-order valence-corrected chi connectivity index (χ4v) is 1.76. The van der Waals surface area contributed by atoms with Crippen molar-refractivity contribution in [1.82, 2.24) is 4.98 Å². The summed E-state index contributed by atoms with van der Waals surface area (Å²) in [6.07, 6.45) is -2.53. The first-order valence-electron chi connectivity index (χ1n) is 7.03. The molecule has 0 saturated carbocycles. The summed E-state index contributed by atoms with van der Waals surface area (Å²) in [5, 5.41) is 2.96. The molecule has 1 aromatic carbocycles. The lowest BCUT2D eigenvalue weighted by Crippen LogP contribution is -2.22. The van der Waals surface area contributed by atoms with Crippen molar-refractivity contribution in [1.29, 1.82) is 0 Å². The van der Waals surface area contributed by atoms with Crippen LogP contribution in [-0.2, 0) is 6.54 Å². The van der Waals surface area contributed by atoms with Crippen molar-refractivity contribution in [3.8, 4) is 5.88 Å². The molecule has 7 heteroatoms. The minimum absolute atomic E-state index is 0.142. The molecule has 0 aliphatic rings. The minimum Gasteiger partial charge on any atom is -0.472 e. The lowest BCUT2D eigenvalue weighted by molar-refractivity contribution is 0.0795. The van der Waals surface area contributed by atoms with Gasteiger partial charge in [0, 0.05) is 11.8 Å². The van der Waals surface area contributed by atoms with Crippen molar-refractivity contribution >= 4 is 11.6 Å². The summed E-state index contributed by atoms with van der Waals surface area (Å²) in [5.74, 6) is 0.387. The van der Waals surface area contributed by atoms with Crippen molar-refractivity contribution in [2.45, 2.75) is 19.9 Å². The number of hydrogen-bond acceptors (Lipinski definition) is 3. The van der Waals surface area contributed by atoms with E-state index in [2.05, 4.69) is 15.3 Å². The summed E-state index contributed by atoms with van der Waals surface area (Å²) < 4.78 is 29.1. The lowest BCUT2D eigenvalue weighted by Gasteiger charge is -2.07. The van der Waals surface area contributed by atoms with Crippen LogP contribution < -0.4 is 15.8 Å². The van der Waals surface area contributed by atoms with Gasteiger partial charge in [-0.1, -0.05) is 23.8 Å². The lowest BCUT2D eigenvalue weighted by atomic mass is 10.2. The Morgan fingerprint density at radius 1 is 1.26 bits per heavy atom. The van der Waals surface area contributed by atoms with E-state index in [1.807, 2.05) is 31.2 Å². The molecule has 0 amide bonds. The average Bonchev–Trinajstić information content (AvgIpc) is 2.54. The molecule has 0 unspecified atom stereocenters. The standard InChI is InChI=1S/C16H18F2N4O/c1-11-5-7-12(8-6-11)22-16(19)20-9-13-3-2-4-15(21-13)23-10-14(17)18/h2-8,14H,9-10H2,1H3,(H3,19,20,22). The zero-order valence-electron chi connectivity index (χ0n) is 12.7. The molecule has 1 heterocycles. The predicted molar refractivity (Wildman–Crippen MR) is 85.9 cm³/mol. The van der Waals surface area contributed by atoms with E-state index in [0.29, 0.717) is 5.69 Å². The molecule has 122 valence electrons. The second kappa shape index (κ2) is 8.07. The van der Waals surface area contributed by atoms with Gasteiger partial charge in [-0.05, 0) is 25.1 Å². The van der Waals surface area contributed by atoms with E-state index in [9.17, 15) is 8.78 Å². The number of nitrogens with one attached hydrogen (secondary N) is 1. The van der Waals surface area contributed by atoms with Crippen molar-refractivity contribution in [3.63, 3.8) is 0 Å². The molecule has 2 rings (SSSR count). The number of nitrogens with zero attached hydrogens (tertiary/aromatic N) is 2. The Kier molecular flexibility index (Phi) is 5.85. The van der Waals surface area contributed by atoms with Gasteiger partial charge in [-0.3, -0.25) is 0 Å². The summed E-state index contributed by atoms with van der Waals surface area (Å²) >= 11 is 0. The molecule has 0 spiro atoms. The number of aromatic nitrogens is 1. The van der Waals surface area contributed by atoms with E-state index in [1.165, 1.54) is 6.07 Å². The smallest absolute Gasteiger partial charge is 0.272 e. The highest BCUT2D eigenvalue weighted by molar-refractivity contribution is 5.92. The number of benzene rings is 1. The minimum atomic E-state index is -2.53. The maximum atomic E-state index is 12.1. The topological polar surface area (TPSA) is 72.5 Å². The van der Waals surface area contributed by atoms with Crippen LogP contribution in [0.4, 0.5) is 14.5 Å². The molecule has 0 radical (unpaired) electrons. The van der Waals surface area contributed by atoms with E-state index in [1.54, 1.807) is 12.1 Å². The van der Waals surface area contributed by atoms with Gasteiger partial charge in [-0.2, -0.15) is 0 Å². The molecule has 0 aliphatic carbocycles. The molecular formula is C16H18F2N4O. The summed E-state index contributed by atoms with van der Waals surface area (Å²) in [6, 6.07) is 12.6. The normalized spacial score (nSPS) is 11.6. The number of ether oxygens (including phenoxy) is 1. The number of pyridine rings is 1. The summed E-state index contributed by atoms with van der Waals surface area (Å²) in [6.45, 7) is 1.53. The Balaban J connectivity index is 1.93. The van der Waals surface area contributed by atoms with Crippen LogP contribution >= 0.6 is 0 Å². The Morgan fingerprint density at radius 3 is 2.70 bits per heavy atom. The number of aliphatic imine (C=N–C) groups is 1. The van der Waals surface area contributed by atoms with E-state index in [-0.39, 0.29) is 18.4 Å². The highest BCUT2D eigenvalue weighted by atomic mass is 19.3. The van der Waals surface area contributed by atoms with Crippen molar-refractivity contribution in [2.75, 3.05) is 11.9 Å². The third kappa shape index (κ3) is 5.90. The maximum absolute atomic E-state index is 12.1. The number of halogens is 2. The molecular weight excluding hydrogens is 302 g/mol. The van der Waals surface area contributed by atoms with Gasteiger partial charge >= 0.3 is 0 Å². The molecule has 1 aromatic heterocycles. The second-order valence-corrected chi connectivity index (χ2v) is 4.86. The Morgan fingerprint density at radius 2 is 2.00 bits per heavy atom. The fourth-order valence-electron chi connectivity index (χ4n) is 1.76. The van der Waals surface area contributed by atoms with Gasteiger partial charge in [0.15, 0.2) is 12.6 Å². The average molecular weight is 320 g/mol. The van der Waals surface area contributed by atoms with Gasteiger partial charge in [0.05, 0.1) is 12.2 Å². The van der Waals surface area contributed by atoms with Crippen molar-refractivity contribution in [2.24, 2.45) is 10.7 Å². The number of anilines is 1. The molecule has 0 aliphatic heterocycles. The van der Waals surface area contributed by atoms with Gasteiger partial charge in [0.2, 0.25) is 5.88 Å². The third-order valence-electron chi connectivity index (χ3n) is 2.87. The molecule has 3 N–H and O–H groups in total. The monoisotopic (exact) mass is 320 g/mol. The van der Waals surface area contributed by atoms with E-state index >= 15 is 0 Å². The van der Waals surface area contributed by atoms with Gasteiger partial charge < -0.3 is 15.8 Å². The number of nitrogens with two attached hydrogens (primary N) is 1. The van der Waals surface area contributed by atoms with Crippen LogP contribution in [0.1, 0.15) is 11.3 Å². The van der Waals surface area contributed by atoms with Crippen LogP contribution in [-0.4, -0.2) is 24.0 Å². The Hall–Kier alpha value is -2.70. The zero-order chi connectivity index (χ0) is 16.7. The molecule has 2 aromatic rings. The first kappa shape index (κ1) is 16.7. The summed E-state index contributed by atoms with van der Waals surface area (Å²) in [4.78, 5) is 8.25. The number of alkyl halides is 2. The van der Waals surface area contributed by atoms with Crippen LogP contribution in [0.15, 0.2) is 47.5 Å². The highest BCUT2D eigenvalue weighted by Gasteiger charge is 2.05. The predicted octanol–water partition coefficient (Wildman–Crippen LogP) is 2.96. The fraction of sp³-hybridized carbons (Fsp3) is 0.250. The third-order valence-corrected chi connectivity index (χ3v) is 2.87. The summed E-state index contributed by atoms with van der Waals surface area (Å²) in [5.41, 5.74) is 8.36. The molecule has 23 heavy (non-hydrogen) atoms. The van der Waals surface area contributed by atoms with Gasteiger partial charge in [-0.15, -0.1) is 0 Å². The first-order chi connectivity index (χ1) is 11.0. The molecule has 0 fully saturated rings. The van der Waals surface area contributed by atoms with Crippen LogP contribution in [0.2, 0.25) is 0 Å². The van der Waals surface area contributed by atoms with Crippen LogP contribution in [0.25, 0.3) is 0 Å². The largest absolute Gasteiger partial charge is 0.472 e. The summed E-state index contributed by atoms with van der Waals surface area (Å²) in [7, 11) is 0. The Labute approximate surface area is 133 Å². The number of hydrogen-bond donors (Lipinski definition) is 2. The van der Waals surface area contributed by atoms with Crippen LogP contribution in [0.3, 0.4) is 0 Å². The van der Waals surface area contributed by atoms with Crippen molar-refractivity contribution < 1.29 is 13.5 Å². The molecule has 0 saturated heterocycles. The number of guanidine groups is 1. The molecule has 0 atom stereocenters. The molecule has 5 nitrogen and oxygen atoms in total. The highest BCUT2D eigenvalue weighted by Crippen LogP contribution is 2.10. The Bertz CT molecular complexity index is 659. The number of rotatable bonds is 6. The first-order valence-corrected chi connectivity index (χ1v) is 7.03. The zero-order valence-corrected chi connectivity index (χ0v) is 12.7. The van der Waals surface area contributed by atoms with E-state index in [4.69, 9.17) is 10.5 Å². The van der Waals surface area contributed by atoms with E-state index in [0.717, 1.165) is 11.3 Å². The number of aryl methyl sites for hydroxylation is 1. The van der Waals surface area contributed by atoms with Crippen molar-refractivity contribution in [3.05, 3.63) is 53.7 Å². The van der Waals surface area contributed by atoms with Gasteiger partial charge in [0.1, 0.15) is 0 Å². The van der Waals surface area contributed by atoms with E-state index < -0.39 is 13.0 Å². The van der Waals surface area contributed by atoms with Gasteiger partial charge in [0.25, 0.3) is 6.43 Å². The van der Waals surface area contributed by atoms with Crippen LogP contribution in [0, 0.1) is 6.92 Å². The van der Waals surface area contributed by atoms with Gasteiger partial charge in [-0.25, -0.2) is 18.8 Å². The molecule has 0 bridgehead atoms.